The molecule has 0 fully saturated rings. The molecule has 4 aromatic carbocycles. The van der Waals surface area contributed by atoms with Crippen molar-refractivity contribution in [3.63, 3.8) is 0 Å². The van der Waals surface area contributed by atoms with Gasteiger partial charge in [0.25, 0.3) is 5.91 Å². The number of hydrogen-bond donors (Lipinski definition) is 1. The second-order valence-corrected chi connectivity index (χ2v) is 8.18. The fourth-order valence-corrected chi connectivity index (χ4v) is 4.02. The average Bonchev–Trinajstić information content (AvgIpc) is 2.85. The Morgan fingerprint density at radius 1 is 0.939 bits per heavy atom. The number of nitrogens with zero attached hydrogens (tertiary/aromatic N) is 1. The van der Waals surface area contributed by atoms with E-state index in [1.165, 1.54) is 13.3 Å². The Morgan fingerprint density at radius 2 is 1.67 bits per heavy atom. The minimum Gasteiger partial charge on any atom is -0.493 e. The Labute approximate surface area is 204 Å². The predicted octanol–water partition coefficient (Wildman–Crippen LogP) is 5.44. The van der Waals surface area contributed by atoms with Gasteiger partial charge in [0, 0.05) is 5.56 Å². The van der Waals surface area contributed by atoms with E-state index in [1.54, 1.807) is 42.5 Å². The number of ether oxygens (including phenoxy) is 2. The number of hydrazone groups is 1. The van der Waals surface area contributed by atoms with E-state index in [0.717, 1.165) is 10.8 Å². The monoisotopic (exact) mass is 550 g/mol. The highest BCUT2D eigenvalue weighted by molar-refractivity contribution is 14.1. The van der Waals surface area contributed by atoms with Crippen molar-refractivity contribution >= 4 is 51.5 Å². The number of hydrogen-bond acceptors (Lipinski definition) is 5. The van der Waals surface area contributed by atoms with Crippen molar-refractivity contribution in [2.45, 2.75) is 0 Å². The molecule has 1 N–H and O–H groups in total. The van der Waals surface area contributed by atoms with Crippen LogP contribution in [0.25, 0.3) is 10.8 Å². The molecular formula is C26H19IN2O4. The molecule has 0 spiro atoms. The van der Waals surface area contributed by atoms with Crippen LogP contribution in [0.3, 0.4) is 0 Å². The maximum Gasteiger partial charge on any atom is 0.343 e. The lowest BCUT2D eigenvalue weighted by molar-refractivity contribution is 0.0728. The van der Waals surface area contributed by atoms with E-state index in [4.69, 9.17) is 9.47 Å². The summed E-state index contributed by atoms with van der Waals surface area (Å²) in [6.07, 6.45) is 1.51. The van der Waals surface area contributed by atoms with E-state index in [1.807, 2.05) is 42.5 Å². The van der Waals surface area contributed by atoms with Gasteiger partial charge in [0.05, 0.1) is 22.5 Å². The second kappa shape index (κ2) is 10.3. The fourth-order valence-electron chi connectivity index (χ4n) is 3.29. The summed E-state index contributed by atoms with van der Waals surface area (Å²) in [6.45, 7) is 0. The minimum absolute atomic E-state index is 0.307. The molecule has 0 unspecified atom stereocenters. The molecule has 0 aliphatic carbocycles. The lowest BCUT2D eigenvalue weighted by Gasteiger charge is -2.12. The minimum atomic E-state index is -0.476. The Hall–Kier alpha value is -3.72. The average molecular weight is 550 g/mol. The van der Waals surface area contributed by atoms with Crippen molar-refractivity contribution in [3.8, 4) is 11.5 Å². The molecule has 4 aromatic rings. The number of halogens is 1. The molecule has 0 saturated carbocycles. The van der Waals surface area contributed by atoms with Gasteiger partial charge in [-0.2, -0.15) is 5.10 Å². The predicted molar refractivity (Wildman–Crippen MR) is 136 cm³/mol. The van der Waals surface area contributed by atoms with Gasteiger partial charge in [-0.3, -0.25) is 4.79 Å². The summed E-state index contributed by atoms with van der Waals surface area (Å²) in [5.41, 5.74) is 4.23. The summed E-state index contributed by atoms with van der Waals surface area (Å²) < 4.78 is 11.6. The van der Waals surface area contributed by atoms with Gasteiger partial charge in [-0.1, -0.05) is 54.6 Å². The molecule has 0 aromatic heterocycles. The summed E-state index contributed by atoms with van der Waals surface area (Å²) in [5.74, 6) is -0.0781. The first kappa shape index (κ1) is 22.5. The first-order chi connectivity index (χ1) is 16.1. The molecule has 0 radical (unpaired) electrons. The lowest BCUT2D eigenvalue weighted by Crippen LogP contribution is -2.18. The number of benzene rings is 4. The maximum absolute atomic E-state index is 12.6. The number of rotatable bonds is 6. The van der Waals surface area contributed by atoms with E-state index >= 15 is 0 Å². The Bertz CT molecular complexity index is 1350. The number of methoxy groups -OCH3 is 1. The number of carbonyl (C=O) groups is 2. The van der Waals surface area contributed by atoms with Crippen molar-refractivity contribution in [2.24, 2.45) is 5.10 Å². The third kappa shape index (κ3) is 5.20. The zero-order valence-electron chi connectivity index (χ0n) is 17.6. The molecule has 4 rings (SSSR count). The molecule has 7 heteroatoms. The molecule has 1 amide bonds. The highest BCUT2D eigenvalue weighted by atomic mass is 127. The molecule has 0 saturated heterocycles. The summed E-state index contributed by atoms with van der Waals surface area (Å²) >= 11 is 2.07. The van der Waals surface area contributed by atoms with Crippen LogP contribution in [0.4, 0.5) is 0 Å². The van der Waals surface area contributed by atoms with Crippen molar-refractivity contribution in [1.82, 2.24) is 5.43 Å². The van der Waals surface area contributed by atoms with Crippen LogP contribution < -0.4 is 14.9 Å². The van der Waals surface area contributed by atoms with Crippen LogP contribution in [0.5, 0.6) is 11.5 Å². The van der Waals surface area contributed by atoms with E-state index in [0.29, 0.717) is 31.8 Å². The number of carbonyl (C=O) groups excluding carboxylic acids is 2. The van der Waals surface area contributed by atoms with Crippen LogP contribution in [-0.2, 0) is 0 Å². The van der Waals surface area contributed by atoms with E-state index in [9.17, 15) is 9.59 Å². The highest BCUT2D eigenvalue weighted by Crippen LogP contribution is 2.34. The number of esters is 1. The van der Waals surface area contributed by atoms with Gasteiger partial charge in [-0.05, 0) is 69.3 Å². The largest absolute Gasteiger partial charge is 0.493 e. The van der Waals surface area contributed by atoms with Crippen molar-refractivity contribution in [2.75, 3.05) is 7.11 Å². The Balaban J connectivity index is 1.51. The van der Waals surface area contributed by atoms with Gasteiger partial charge in [-0.25, -0.2) is 10.2 Å². The zero-order valence-corrected chi connectivity index (χ0v) is 19.8. The Morgan fingerprint density at radius 3 is 2.45 bits per heavy atom. The van der Waals surface area contributed by atoms with Crippen LogP contribution in [0.15, 0.2) is 90.0 Å². The highest BCUT2D eigenvalue weighted by Gasteiger charge is 2.16. The molecular weight excluding hydrogens is 531 g/mol. The van der Waals surface area contributed by atoms with Gasteiger partial charge in [0.1, 0.15) is 0 Å². The van der Waals surface area contributed by atoms with Crippen LogP contribution in [0, 0.1) is 3.57 Å². The standard InChI is InChI=1S/C26H19IN2O4/c1-32-23-15-17(14-22(27)24(23)33-26(31)19-9-3-2-4-10-19)16-28-29-25(30)21-13-7-11-18-8-5-6-12-20(18)21/h2-16H,1H3,(H,29,30)/b28-16-. The molecule has 0 atom stereocenters. The SMILES string of the molecule is COc1cc(/C=N\NC(=O)c2cccc3ccccc23)cc(I)c1OC(=O)c1ccccc1. The van der Waals surface area contributed by atoms with Crippen molar-refractivity contribution in [3.05, 3.63) is 105 Å². The Kier molecular flexibility index (Phi) is 6.99. The zero-order chi connectivity index (χ0) is 23.2. The van der Waals surface area contributed by atoms with Crippen LogP contribution in [0.1, 0.15) is 26.3 Å². The van der Waals surface area contributed by atoms with Gasteiger partial charge in [0.15, 0.2) is 11.5 Å². The smallest absolute Gasteiger partial charge is 0.343 e. The van der Waals surface area contributed by atoms with E-state index in [-0.39, 0.29) is 5.91 Å². The number of amides is 1. The fraction of sp³-hybridized carbons (Fsp3) is 0.0385. The number of nitrogens with one attached hydrogen (secondary N) is 1. The maximum atomic E-state index is 12.6. The molecule has 0 bridgehead atoms. The van der Waals surface area contributed by atoms with Crippen molar-refractivity contribution < 1.29 is 19.1 Å². The summed E-state index contributed by atoms with van der Waals surface area (Å²) in [6, 6.07) is 25.4. The third-order valence-electron chi connectivity index (χ3n) is 4.87. The first-order valence-corrected chi connectivity index (χ1v) is 11.1. The number of fused-ring (bicyclic) bond motifs is 1. The summed E-state index contributed by atoms with van der Waals surface area (Å²) in [4.78, 5) is 25.1. The van der Waals surface area contributed by atoms with E-state index < -0.39 is 5.97 Å². The van der Waals surface area contributed by atoms with Crippen LogP contribution in [0.2, 0.25) is 0 Å². The molecule has 0 aliphatic heterocycles. The summed E-state index contributed by atoms with van der Waals surface area (Å²) in [5, 5.41) is 5.92. The molecule has 33 heavy (non-hydrogen) atoms. The van der Waals surface area contributed by atoms with Crippen molar-refractivity contribution in [1.29, 1.82) is 0 Å². The molecule has 0 aliphatic rings. The molecule has 0 heterocycles. The summed E-state index contributed by atoms with van der Waals surface area (Å²) in [7, 11) is 1.49. The van der Waals surface area contributed by atoms with Gasteiger partial charge < -0.3 is 9.47 Å². The normalized spacial score (nSPS) is 10.8. The lowest BCUT2D eigenvalue weighted by atomic mass is 10.0. The van der Waals surface area contributed by atoms with E-state index in [2.05, 4.69) is 33.1 Å². The molecule has 164 valence electrons. The third-order valence-corrected chi connectivity index (χ3v) is 5.67. The van der Waals surface area contributed by atoms with Crippen LogP contribution >= 0.6 is 22.6 Å². The molecule has 6 nitrogen and oxygen atoms in total. The quantitative estimate of drug-likeness (QED) is 0.114. The van der Waals surface area contributed by atoms with Crippen LogP contribution in [-0.4, -0.2) is 25.2 Å². The first-order valence-electron chi connectivity index (χ1n) is 10.0. The van der Waals surface area contributed by atoms with Gasteiger partial charge in [-0.15, -0.1) is 0 Å². The second-order valence-electron chi connectivity index (χ2n) is 7.02. The topological polar surface area (TPSA) is 77.0 Å². The van der Waals surface area contributed by atoms with Gasteiger partial charge in [0.2, 0.25) is 0 Å². The van der Waals surface area contributed by atoms with Gasteiger partial charge >= 0.3 is 5.97 Å².